The highest BCUT2D eigenvalue weighted by Crippen LogP contribution is 2.17. The van der Waals surface area contributed by atoms with Crippen LogP contribution in [0.1, 0.15) is 29.8 Å². The first-order valence-electron chi connectivity index (χ1n) is 10.7. The van der Waals surface area contributed by atoms with Crippen molar-refractivity contribution in [1.29, 1.82) is 0 Å². The third-order valence-electron chi connectivity index (χ3n) is 5.46. The van der Waals surface area contributed by atoms with Gasteiger partial charge >= 0.3 is 0 Å². The number of ether oxygens (including phenoxy) is 2. The fourth-order valence-corrected chi connectivity index (χ4v) is 3.70. The van der Waals surface area contributed by atoms with E-state index in [9.17, 15) is 0 Å². The summed E-state index contributed by atoms with van der Waals surface area (Å²) < 4.78 is 12.7. The average Bonchev–Trinajstić information content (AvgIpc) is 3.24. The number of fused-ring (bicyclic) bond motifs is 1. The molecule has 0 aliphatic carbocycles. The first-order valence-corrected chi connectivity index (χ1v) is 10.7. The molecule has 4 rings (SSSR count). The molecule has 1 aliphatic heterocycles. The van der Waals surface area contributed by atoms with Crippen LogP contribution in [-0.2, 0) is 11.2 Å². The van der Waals surface area contributed by atoms with Gasteiger partial charge in [0.25, 0.3) is 0 Å². The molecule has 1 aromatic carbocycles. The Morgan fingerprint density at radius 3 is 2.88 bits per heavy atom. The van der Waals surface area contributed by atoms with Crippen LogP contribution >= 0.6 is 0 Å². The lowest BCUT2D eigenvalue weighted by atomic mass is 10.1. The van der Waals surface area contributed by atoms with Crippen molar-refractivity contribution >= 4 is 17.3 Å². The van der Waals surface area contributed by atoms with E-state index < -0.39 is 0 Å². The zero-order valence-corrected chi connectivity index (χ0v) is 18.5. The highest BCUT2D eigenvalue weighted by Gasteiger charge is 2.15. The molecule has 0 bridgehead atoms. The summed E-state index contributed by atoms with van der Waals surface area (Å²) in [4.78, 5) is 9.01. The molecule has 3 heterocycles. The lowest BCUT2D eigenvalue weighted by molar-refractivity contribution is 0.0824. The molecule has 8 heteroatoms. The van der Waals surface area contributed by atoms with Gasteiger partial charge in [-0.3, -0.25) is 9.39 Å². The van der Waals surface area contributed by atoms with Gasteiger partial charge in [-0.2, -0.15) is 0 Å². The van der Waals surface area contributed by atoms with Crippen molar-refractivity contribution in [1.82, 2.24) is 19.9 Å². The van der Waals surface area contributed by atoms with E-state index in [1.165, 1.54) is 0 Å². The predicted octanol–water partition coefficient (Wildman–Crippen LogP) is 3.06. The molecule has 0 saturated carbocycles. The Bertz CT molecular complexity index is 1140. The van der Waals surface area contributed by atoms with Crippen LogP contribution in [0.15, 0.2) is 65.2 Å². The Hall–Kier alpha value is -3.52. The molecule has 1 aliphatic rings. The van der Waals surface area contributed by atoms with Gasteiger partial charge in [-0.1, -0.05) is 18.7 Å². The first-order chi connectivity index (χ1) is 15.7. The standard InChI is InChI=1S/C24H28N6O2/c1-4-21(27-24(25-2)26-19-9-12-32-13-10-19)18-8-11-30-22(28-29-23(30)16-18)15-17-6-5-7-20(14-17)31-3/h4-8,11,14,16,19H,1,9-10,12-13,15H2,2-3H3,(H,25,26)/b27-21+. The van der Waals surface area contributed by atoms with Crippen molar-refractivity contribution < 1.29 is 9.47 Å². The van der Waals surface area contributed by atoms with Gasteiger partial charge in [-0.05, 0) is 48.7 Å². The first kappa shape index (κ1) is 21.7. The van der Waals surface area contributed by atoms with Gasteiger partial charge in [0, 0.05) is 44.5 Å². The Morgan fingerprint density at radius 2 is 2.12 bits per heavy atom. The third-order valence-corrected chi connectivity index (χ3v) is 5.46. The number of hydrogen-bond acceptors (Lipinski definition) is 5. The highest BCUT2D eigenvalue weighted by molar-refractivity contribution is 6.13. The van der Waals surface area contributed by atoms with Gasteiger partial charge in [0.1, 0.15) is 11.6 Å². The van der Waals surface area contributed by atoms with Crippen LogP contribution in [0.3, 0.4) is 0 Å². The molecular weight excluding hydrogens is 404 g/mol. The molecule has 0 spiro atoms. The summed E-state index contributed by atoms with van der Waals surface area (Å²) >= 11 is 0. The Balaban J connectivity index is 1.55. The van der Waals surface area contributed by atoms with Gasteiger partial charge in [0.15, 0.2) is 5.65 Å². The maximum atomic E-state index is 5.43. The van der Waals surface area contributed by atoms with Gasteiger partial charge in [-0.15, -0.1) is 10.2 Å². The quantitative estimate of drug-likeness (QED) is 0.478. The molecule has 166 valence electrons. The van der Waals surface area contributed by atoms with Gasteiger partial charge < -0.3 is 14.8 Å². The zero-order chi connectivity index (χ0) is 22.3. The number of benzene rings is 1. The Morgan fingerprint density at radius 1 is 1.28 bits per heavy atom. The van der Waals surface area contributed by atoms with Gasteiger partial charge in [0.05, 0.1) is 12.8 Å². The second-order valence-corrected chi connectivity index (χ2v) is 7.57. The summed E-state index contributed by atoms with van der Waals surface area (Å²) in [5, 5.41) is 12.2. The smallest absolute Gasteiger partial charge is 0.218 e. The number of aliphatic imine (C=N–C) groups is 2. The van der Waals surface area contributed by atoms with Crippen molar-refractivity contribution in [3.8, 4) is 5.75 Å². The minimum atomic E-state index is 0.315. The number of guanidine groups is 1. The number of allylic oxidation sites excluding steroid dienone is 1. The maximum absolute atomic E-state index is 5.43. The Labute approximate surface area is 187 Å². The molecule has 0 radical (unpaired) electrons. The number of nitrogens with zero attached hydrogens (tertiary/aromatic N) is 5. The molecule has 8 nitrogen and oxygen atoms in total. The van der Waals surface area contributed by atoms with E-state index in [0.717, 1.165) is 60.1 Å². The van der Waals surface area contributed by atoms with E-state index in [1.807, 2.05) is 40.9 Å². The molecule has 0 atom stereocenters. The Kier molecular flexibility index (Phi) is 6.91. The molecule has 0 amide bonds. The van der Waals surface area contributed by atoms with Crippen LogP contribution in [0.2, 0.25) is 0 Å². The van der Waals surface area contributed by atoms with Crippen LogP contribution in [0, 0.1) is 0 Å². The van der Waals surface area contributed by atoms with Crippen molar-refractivity contribution in [2.24, 2.45) is 9.98 Å². The number of aromatic nitrogens is 3. The van der Waals surface area contributed by atoms with Crippen molar-refractivity contribution in [3.63, 3.8) is 0 Å². The summed E-state index contributed by atoms with van der Waals surface area (Å²) in [6.07, 6.45) is 6.24. The second kappa shape index (κ2) is 10.2. The summed E-state index contributed by atoms with van der Waals surface area (Å²) in [5.41, 5.74) is 3.49. The lowest BCUT2D eigenvalue weighted by Gasteiger charge is -2.23. The number of nitrogens with one attached hydrogen (secondary N) is 1. The highest BCUT2D eigenvalue weighted by atomic mass is 16.5. The third kappa shape index (κ3) is 5.03. The van der Waals surface area contributed by atoms with E-state index in [0.29, 0.717) is 18.4 Å². The zero-order valence-electron chi connectivity index (χ0n) is 18.5. The van der Waals surface area contributed by atoms with E-state index in [1.54, 1.807) is 20.2 Å². The number of hydrogen-bond donors (Lipinski definition) is 1. The summed E-state index contributed by atoms with van der Waals surface area (Å²) in [7, 11) is 3.40. The minimum Gasteiger partial charge on any atom is -0.497 e. The maximum Gasteiger partial charge on any atom is 0.218 e. The molecule has 1 N–H and O–H groups in total. The molecule has 1 saturated heterocycles. The predicted molar refractivity (Wildman–Crippen MR) is 126 cm³/mol. The lowest BCUT2D eigenvalue weighted by Crippen LogP contribution is -2.38. The fourth-order valence-electron chi connectivity index (χ4n) is 3.70. The van der Waals surface area contributed by atoms with Crippen molar-refractivity contribution in [2.75, 3.05) is 27.4 Å². The van der Waals surface area contributed by atoms with Crippen molar-refractivity contribution in [2.45, 2.75) is 25.3 Å². The number of rotatable bonds is 6. The van der Waals surface area contributed by atoms with Gasteiger partial charge in [-0.25, -0.2) is 4.99 Å². The van der Waals surface area contributed by atoms with E-state index in [4.69, 9.17) is 14.5 Å². The van der Waals surface area contributed by atoms with Crippen LogP contribution < -0.4 is 10.1 Å². The molecule has 32 heavy (non-hydrogen) atoms. The second-order valence-electron chi connectivity index (χ2n) is 7.57. The summed E-state index contributed by atoms with van der Waals surface area (Å²) in [5.74, 6) is 2.27. The van der Waals surface area contributed by atoms with E-state index in [-0.39, 0.29) is 0 Å². The molecular formula is C24H28N6O2. The van der Waals surface area contributed by atoms with Gasteiger partial charge in [0.2, 0.25) is 5.96 Å². The topological polar surface area (TPSA) is 85.4 Å². The molecule has 2 aromatic heterocycles. The summed E-state index contributed by atoms with van der Waals surface area (Å²) in [6, 6.07) is 12.2. The molecule has 0 unspecified atom stereocenters. The molecule has 3 aromatic rings. The van der Waals surface area contributed by atoms with Crippen molar-refractivity contribution in [3.05, 3.63) is 72.2 Å². The SMILES string of the molecule is C=C/C(=N\C(=N/C)NC1CCOCC1)c1ccn2c(Cc3cccc(OC)c3)nnc2c1. The van der Waals surface area contributed by atoms with E-state index in [2.05, 4.69) is 33.2 Å². The fraction of sp³-hybridized carbons (Fsp3) is 0.333. The van der Waals surface area contributed by atoms with Crippen LogP contribution in [-0.4, -0.2) is 59.7 Å². The van der Waals surface area contributed by atoms with E-state index >= 15 is 0 Å². The van der Waals surface area contributed by atoms with Crippen LogP contribution in [0.25, 0.3) is 5.65 Å². The largest absolute Gasteiger partial charge is 0.497 e. The van der Waals surface area contributed by atoms with Crippen LogP contribution in [0.4, 0.5) is 0 Å². The summed E-state index contributed by atoms with van der Waals surface area (Å²) in [6.45, 7) is 5.46. The molecule has 1 fully saturated rings. The van der Waals surface area contributed by atoms with Crippen LogP contribution in [0.5, 0.6) is 5.75 Å². The number of pyridine rings is 1. The minimum absolute atomic E-state index is 0.315. The normalized spacial score (nSPS) is 15.7. The average molecular weight is 433 g/mol. The monoisotopic (exact) mass is 432 g/mol. The number of methoxy groups -OCH3 is 1.